The molecule has 3 amide bonds. The number of para-hydroxylation sites is 1. The zero-order valence-corrected chi connectivity index (χ0v) is 22.1. The maximum absolute atomic E-state index is 12.8. The van der Waals surface area contributed by atoms with Gasteiger partial charge in [0.25, 0.3) is 5.91 Å². The number of carbonyl (C=O) groups excluding carboxylic acids is 3. The van der Waals surface area contributed by atoms with Gasteiger partial charge in [-0.1, -0.05) is 24.3 Å². The highest BCUT2D eigenvalue weighted by molar-refractivity contribution is 5.96. The van der Waals surface area contributed by atoms with Crippen LogP contribution in [0.25, 0.3) is 6.08 Å². The number of aryl methyl sites for hydroxylation is 2. The van der Waals surface area contributed by atoms with E-state index in [-0.39, 0.29) is 29.7 Å². The normalized spacial score (nSPS) is 16.8. The van der Waals surface area contributed by atoms with Crippen LogP contribution in [0.5, 0.6) is 5.75 Å². The number of hydrogen-bond acceptors (Lipinski definition) is 4. The van der Waals surface area contributed by atoms with E-state index in [1.165, 1.54) is 0 Å². The molecule has 2 aliphatic rings. The van der Waals surface area contributed by atoms with E-state index in [1.807, 2.05) is 73.0 Å². The molecule has 37 heavy (non-hydrogen) atoms. The van der Waals surface area contributed by atoms with Crippen LogP contribution in [-0.4, -0.2) is 66.9 Å². The standard InChI is InChI=1S/C30H37N3O4/c1-4-37-26-8-6-5-7-24(26)11-12-27(34)32-16-13-30(14-17-32)15-18-33(21-30)28(35)20-31-29(36)25-10-9-22(2)23(3)19-25/h5-12,19H,4,13-18,20-21H2,1-3H3,(H,31,36)/b12-11+. The van der Waals surface area contributed by atoms with Gasteiger partial charge in [-0.25, -0.2) is 0 Å². The Morgan fingerprint density at radius 1 is 0.973 bits per heavy atom. The van der Waals surface area contributed by atoms with Gasteiger partial charge in [0.15, 0.2) is 0 Å². The molecular weight excluding hydrogens is 466 g/mol. The highest BCUT2D eigenvalue weighted by atomic mass is 16.5. The van der Waals surface area contributed by atoms with Crippen LogP contribution in [0.3, 0.4) is 0 Å². The summed E-state index contributed by atoms with van der Waals surface area (Å²) in [6.07, 6.45) is 6.13. The molecule has 1 spiro atoms. The lowest BCUT2D eigenvalue weighted by molar-refractivity contribution is -0.131. The molecular formula is C30H37N3O4. The van der Waals surface area contributed by atoms with E-state index >= 15 is 0 Å². The first kappa shape index (κ1) is 26.5. The minimum Gasteiger partial charge on any atom is -0.493 e. The van der Waals surface area contributed by atoms with Crippen molar-refractivity contribution >= 4 is 23.8 Å². The molecule has 4 rings (SSSR count). The van der Waals surface area contributed by atoms with Crippen LogP contribution >= 0.6 is 0 Å². The Labute approximate surface area is 219 Å². The van der Waals surface area contributed by atoms with Crippen LogP contribution in [0.1, 0.15) is 53.2 Å². The van der Waals surface area contributed by atoms with E-state index in [2.05, 4.69) is 5.32 Å². The molecule has 0 radical (unpaired) electrons. The minimum atomic E-state index is -0.228. The van der Waals surface area contributed by atoms with Crippen molar-refractivity contribution in [2.24, 2.45) is 5.41 Å². The van der Waals surface area contributed by atoms with Gasteiger partial charge in [-0.3, -0.25) is 14.4 Å². The van der Waals surface area contributed by atoms with Gasteiger partial charge in [-0.05, 0) is 80.9 Å². The number of hydrogen-bond donors (Lipinski definition) is 1. The topological polar surface area (TPSA) is 79.0 Å². The summed E-state index contributed by atoms with van der Waals surface area (Å²) in [4.78, 5) is 41.9. The van der Waals surface area contributed by atoms with Gasteiger partial charge in [-0.15, -0.1) is 0 Å². The Hall–Kier alpha value is -3.61. The molecule has 0 aliphatic carbocycles. The number of ether oxygens (including phenoxy) is 1. The summed E-state index contributed by atoms with van der Waals surface area (Å²) in [5.74, 6) is 0.492. The number of likely N-dealkylation sites (tertiary alicyclic amines) is 2. The summed E-state index contributed by atoms with van der Waals surface area (Å²) in [5, 5.41) is 2.78. The number of nitrogens with zero attached hydrogens (tertiary/aromatic N) is 2. The summed E-state index contributed by atoms with van der Waals surface area (Å²) in [6.45, 7) is 9.23. The van der Waals surface area contributed by atoms with E-state index in [9.17, 15) is 14.4 Å². The highest BCUT2D eigenvalue weighted by Crippen LogP contribution is 2.40. The summed E-state index contributed by atoms with van der Waals surface area (Å²) in [7, 11) is 0. The number of benzene rings is 2. The number of carbonyl (C=O) groups is 3. The molecule has 2 fully saturated rings. The van der Waals surface area contributed by atoms with Gasteiger partial charge in [0.1, 0.15) is 5.75 Å². The van der Waals surface area contributed by atoms with Gasteiger partial charge in [0.05, 0.1) is 13.2 Å². The Morgan fingerprint density at radius 2 is 1.68 bits per heavy atom. The predicted molar refractivity (Wildman–Crippen MR) is 144 cm³/mol. The molecule has 7 heteroatoms. The second-order valence-electron chi connectivity index (χ2n) is 10.2. The molecule has 196 valence electrons. The summed E-state index contributed by atoms with van der Waals surface area (Å²) in [6, 6.07) is 13.2. The second kappa shape index (κ2) is 11.6. The van der Waals surface area contributed by atoms with Crippen LogP contribution in [0, 0.1) is 19.3 Å². The third kappa shape index (κ3) is 6.40. The predicted octanol–water partition coefficient (Wildman–Crippen LogP) is 3.99. The molecule has 2 heterocycles. The molecule has 2 aromatic rings. The van der Waals surface area contributed by atoms with Crippen molar-refractivity contribution in [1.82, 2.24) is 15.1 Å². The maximum Gasteiger partial charge on any atom is 0.251 e. The summed E-state index contributed by atoms with van der Waals surface area (Å²) >= 11 is 0. The molecule has 2 aromatic carbocycles. The minimum absolute atomic E-state index is 0.000459. The van der Waals surface area contributed by atoms with E-state index in [1.54, 1.807) is 12.1 Å². The summed E-state index contributed by atoms with van der Waals surface area (Å²) < 4.78 is 5.64. The molecule has 0 unspecified atom stereocenters. The number of nitrogens with one attached hydrogen (secondary N) is 1. The number of amides is 3. The van der Waals surface area contributed by atoms with Gasteiger partial charge < -0.3 is 19.9 Å². The van der Waals surface area contributed by atoms with Crippen LogP contribution in [0.2, 0.25) is 0 Å². The third-order valence-electron chi connectivity index (χ3n) is 7.72. The van der Waals surface area contributed by atoms with Crippen molar-refractivity contribution < 1.29 is 19.1 Å². The first-order valence-electron chi connectivity index (χ1n) is 13.1. The average Bonchev–Trinajstić information content (AvgIpc) is 3.32. The zero-order chi connectivity index (χ0) is 26.4. The Bertz CT molecular complexity index is 1180. The summed E-state index contributed by atoms with van der Waals surface area (Å²) in [5.41, 5.74) is 3.69. The highest BCUT2D eigenvalue weighted by Gasteiger charge is 2.42. The fourth-order valence-electron chi connectivity index (χ4n) is 5.18. The van der Waals surface area contributed by atoms with E-state index in [4.69, 9.17) is 4.74 Å². The first-order chi connectivity index (χ1) is 17.8. The molecule has 0 atom stereocenters. The SMILES string of the molecule is CCOc1ccccc1/C=C/C(=O)N1CCC2(CC1)CCN(C(=O)CNC(=O)c1ccc(C)c(C)c1)C2. The molecule has 2 aliphatic heterocycles. The van der Waals surface area contributed by atoms with Gasteiger partial charge in [-0.2, -0.15) is 0 Å². The van der Waals surface area contributed by atoms with Crippen molar-refractivity contribution in [1.29, 1.82) is 0 Å². The van der Waals surface area contributed by atoms with Gasteiger partial charge in [0.2, 0.25) is 11.8 Å². The van der Waals surface area contributed by atoms with Crippen molar-refractivity contribution in [2.75, 3.05) is 39.3 Å². The molecule has 7 nitrogen and oxygen atoms in total. The monoisotopic (exact) mass is 503 g/mol. The van der Waals surface area contributed by atoms with Crippen LogP contribution in [-0.2, 0) is 9.59 Å². The van der Waals surface area contributed by atoms with E-state index < -0.39 is 0 Å². The first-order valence-corrected chi connectivity index (χ1v) is 13.1. The lowest BCUT2D eigenvalue weighted by Gasteiger charge is -2.39. The molecule has 0 saturated carbocycles. The second-order valence-corrected chi connectivity index (χ2v) is 10.2. The largest absolute Gasteiger partial charge is 0.493 e. The maximum atomic E-state index is 12.8. The zero-order valence-electron chi connectivity index (χ0n) is 22.1. The Kier molecular flexibility index (Phi) is 8.31. The lowest BCUT2D eigenvalue weighted by atomic mass is 9.78. The molecule has 2 saturated heterocycles. The van der Waals surface area contributed by atoms with Crippen molar-refractivity contribution in [3.63, 3.8) is 0 Å². The van der Waals surface area contributed by atoms with E-state index in [0.29, 0.717) is 38.3 Å². The number of piperidine rings is 1. The third-order valence-corrected chi connectivity index (χ3v) is 7.72. The van der Waals surface area contributed by atoms with Gasteiger partial charge in [0, 0.05) is 43.4 Å². The smallest absolute Gasteiger partial charge is 0.251 e. The molecule has 0 aromatic heterocycles. The van der Waals surface area contributed by atoms with E-state index in [0.717, 1.165) is 41.7 Å². The quantitative estimate of drug-likeness (QED) is 0.580. The number of rotatable bonds is 7. The Morgan fingerprint density at radius 3 is 2.38 bits per heavy atom. The van der Waals surface area contributed by atoms with Crippen LogP contribution in [0.15, 0.2) is 48.5 Å². The Balaban J connectivity index is 1.25. The molecule has 0 bridgehead atoms. The average molecular weight is 504 g/mol. The lowest BCUT2D eigenvalue weighted by Crippen LogP contribution is -2.45. The fraction of sp³-hybridized carbons (Fsp3) is 0.433. The fourth-order valence-corrected chi connectivity index (χ4v) is 5.18. The van der Waals surface area contributed by atoms with Crippen molar-refractivity contribution in [3.8, 4) is 5.75 Å². The van der Waals surface area contributed by atoms with Crippen LogP contribution < -0.4 is 10.1 Å². The van der Waals surface area contributed by atoms with Crippen LogP contribution in [0.4, 0.5) is 0 Å². The van der Waals surface area contributed by atoms with Crippen molar-refractivity contribution in [3.05, 3.63) is 70.8 Å². The molecule has 1 N–H and O–H groups in total. The van der Waals surface area contributed by atoms with Gasteiger partial charge >= 0.3 is 0 Å². The van der Waals surface area contributed by atoms with Crippen molar-refractivity contribution in [2.45, 2.75) is 40.0 Å².